The highest BCUT2D eigenvalue weighted by Gasteiger charge is 2.53. The van der Waals surface area contributed by atoms with E-state index in [-0.39, 0.29) is 96.2 Å². The first-order chi connectivity index (χ1) is 44.8. The van der Waals surface area contributed by atoms with E-state index >= 15 is 26.3 Å². The molecule has 36 nitrogen and oxygen atoms in total. The van der Waals surface area contributed by atoms with Crippen LogP contribution in [0.5, 0.6) is 0 Å². The number of anilines is 2. The average Bonchev–Trinajstić information content (AvgIpc) is 1.62. The Hall–Kier alpha value is -5.85. The van der Waals surface area contributed by atoms with Crippen molar-refractivity contribution in [3.05, 3.63) is 81.5 Å². The van der Waals surface area contributed by atoms with Gasteiger partial charge in [0.05, 0.1) is 51.4 Å². The van der Waals surface area contributed by atoms with Gasteiger partial charge in [0, 0.05) is 5.92 Å². The van der Waals surface area contributed by atoms with Crippen molar-refractivity contribution in [2.75, 3.05) is 50.6 Å². The van der Waals surface area contributed by atoms with Crippen LogP contribution >= 0.6 is 39.2 Å². The Morgan fingerprint density at radius 2 is 1.28 bits per heavy atom. The molecule has 12 heterocycles. The number of alkyl halides is 6. The summed E-state index contributed by atoms with van der Waals surface area (Å²) in [7, 11) is 0. The molecule has 0 spiro atoms. The number of fused-ring (bicyclic) bond motifs is 12. The van der Waals surface area contributed by atoms with E-state index in [0.29, 0.717) is 0 Å². The quantitative estimate of drug-likeness (QED) is 0.0334. The number of nitrogens with zero attached hydrogens (tertiary/aromatic N) is 15. The van der Waals surface area contributed by atoms with Gasteiger partial charge in [0.25, 0.3) is 23.0 Å². The third-order valence-electron chi connectivity index (χ3n) is 13.8. The Balaban J connectivity index is 0.000000226. The Labute approximate surface area is 562 Å². The van der Waals surface area contributed by atoms with Crippen LogP contribution in [0.25, 0.3) is 49.5 Å². The smallest absolute Gasteiger partial charge is 0.369 e. The third kappa shape index (κ3) is 17.1. The maximum Gasteiger partial charge on any atom is 0.387 e. The number of nitrogens with two attached hydrogens (primary N) is 1. The van der Waals surface area contributed by atoms with Crippen molar-refractivity contribution in [2.45, 2.75) is 116 Å². The monoisotopic (exact) mass is 1530 g/mol. The number of amides is 1. The Bertz CT molecular complexity index is 4610. The maximum absolute atomic E-state index is 16.4. The molecule has 528 valence electrons. The molecule has 2 fully saturated rings. The molecule has 8 aromatic rings. The lowest BCUT2D eigenvalue weighted by atomic mass is 10.1. The predicted octanol–water partition coefficient (Wildman–Crippen LogP) is 5.64. The minimum Gasteiger partial charge on any atom is -0.369 e. The number of ether oxygens (including phenoxy) is 2. The first kappa shape index (κ1) is 75.4. The van der Waals surface area contributed by atoms with E-state index < -0.39 is 164 Å². The summed E-state index contributed by atoms with van der Waals surface area (Å²) in [6.45, 7) is -15.6. The third-order valence-corrected chi connectivity index (χ3v) is 20.9. The van der Waals surface area contributed by atoms with Gasteiger partial charge < -0.3 is 66.1 Å². The molecule has 4 unspecified atom stereocenters. The van der Waals surface area contributed by atoms with E-state index in [4.69, 9.17) is 97.9 Å². The molecule has 7 N–H and O–H groups in total. The topological polar surface area (TPSA) is 433 Å². The zero-order valence-corrected chi connectivity index (χ0v) is 55.2. The van der Waals surface area contributed by atoms with Crippen LogP contribution in [0, 0.1) is 12.5 Å². The van der Waals surface area contributed by atoms with Crippen molar-refractivity contribution in [3.8, 4) is 0 Å². The van der Waals surface area contributed by atoms with Crippen molar-refractivity contribution >= 4 is 137 Å². The summed E-state index contributed by atoms with van der Waals surface area (Å²) in [6.07, 6.45) is -7.28. The van der Waals surface area contributed by atoms with Crippen molar-refractivity contribution in [3.63, 3.8) is 0 Å². The van der Waals surface area contributed by atoms with Crippen LogP contribution in [0.2, 0.25) is 0 Å². The summed E-state index contributed by atoms with van der Waals surface area (Å²) in [4.78, 5) is 107. The van der Waals surface area contributed by atoms with Crippen molar-refractivity contribution in [2.24, 2.45) is 5.92 Å². The van der Waals surface area contributed by atoms with Gasteiger partial charge in [0.15, 0.2) is 58.4 Å². The van der Waals surface area contributed by atoms with Gasteiger partial charge in [0.2, 0.25) is 24.3 Å². The maximum atomic E-state index is 16.4. The van der Waals surface area contributed by atoms with Crippen molar-refractivity contribution in [1.82, 2.24) is 78.1 Å². The normalized spacial score (nSPS) is 29.6. The first-order valence-corrected chi connectivity index (χ1v) is 37.7. The molecular formula is C47H57F6N19O17P4S4. The van der Waals surface area contributed by atoms with E-state index in [0.717, 1.165) is 43.6 Å². The molecule has 50 heteroatoms. The lowest BCUT2D eigenvalue weighted by Gasteiger charge is -2.27. The molecule has 1 amide bonds. The number of carbonyl (C=O) groups is 1. The Morgan fingerprint density at radius 1 is 0.763 bits per heavy atom. The number of H-pyrrole nitrogens is 2. The molecule has 8 aromatic heterocycles. The van der Waals surface area contributed by atoms with E-state index in [1.165, 1.54) is 12.4 Å². The summed E-state index contributed by atoms with van der Waals surface area (Å²) < 4.78 is 171. The zero-order valence-electron chi connectivity index (χ0n) is 48.3. The number of nitrogens with one attached hydrogen (secondary N) is 3. The van der Waals surface area contributed by atoms with Crippen LogP contribution in [0.4, 0.5) is 38.2 Å². The molecule has 4 aliphatic heterocycles. The Kier molecular flexibility index (Phi) is 23.1. The fourth-order valence-corrected chi connectivity index (χ4v) is 15.1. The molecule has 0 aliphatic carbocycles. The number of carbonyl (C=O) groups excluding carboxylic acids is 1. The highest BCUT2D eigenvalue weighted by molar-refractivity contribution is 8.44. The summed E-state index contributed by atoms with van der Waals surface area (Å²) in [5.74, 6) is -9.17. The van der Waals surface area contributed by atoms with Gasteiger partial charge in [0.1, 0.15) is 92.8 Å². The van der Waals surface area contributed by atoms with Crippen LogP contribution in [-0.4, -0.2) is 182 Å². The Morgan fingerprint density at radius 3 is 1.84 bits per heavy atom. The highest BCUT2D eigenvalue weighted by atomic mass is 32.7. The number of aromatic nitrogens is 16. The summed E-state index contributed by atoms with van der Waals surface area (Å²) >= 11 is 19.4. The lowest BCUT2D eigenvalue weighted by Crippen LogP contribution is -2.33. The standard InChI is InChI=1S/C26H29F3N10O9P2S2.C19H20F3N9O8P2S2.2CH4/c1-13(2)22(40)36-25-35-21-18(23(41)37-25)33-12-39(21)24-19-17(27)15(47-24)7-45-50(52,43-5-4-30-3)46-10-26(28,29)9-38-16(8-44-49(42,51)48-19)34-14-6-31-11-32-20(14)38;20-11-9-2-35-40(33,42)37-5-19(21,22)4-30-10(27-8-1-24-6-25-14(8)30)3-36-41(34,43)39-13(11)17(38-9)31-7-26-12-15(31)28-18(23)29-16(12)32;;/h6,11-13,15,17,19,24H,4-5,7-10H2,1-2H3,(H,42,51)(H2,35,36,37,40,41);1,6-7,9,11,13,17H,2-5H2,(H,33,42)(H,34,43)(H3,23,28,29,32);2*1H4/t15-,17-,19-,24-,49?,50?;9-,11-,13-,17-,40?,41?;;/m11../s1. The highest BCUT2D eigenvalue weighted by Crippen LogP contribution is 2.59. The van der Waals surface area contributed by atoms with Crippen LogP contribution in [0.3, 0.4) is 0 Å². The molecule has 97 heavy (non-hydrogen) atoms. The van der Waals surface area contributed by atoms with Gasteiger partial charge >= 0.3 is 27.0 Å². The molecule has 12 atom stereocenters. The lowest BCUT2D eigenvalue weighted by molar-refractivity contribution is -0.119. The molecule has 2 saturated heterocycles. The van der Waals surface area contributed by atoms with Gasteiger partial charge in [-0.15, -0.1) is 0 Å². The number of hydrogen-bond donors (Lipinski definition) is 7. The van der Waals surface area contributed by atoms with Gasteiger partial charge in [-0.25, -0.2) is 77.4 Å². The van der Waals surface area contributed by atoms with Gasteiger partial charge in [-0.05, 0) is 35.4 Å². The average molecular weight is 1530 g/mol. The number of hydrogen-bond acceptors (Lipinski definition) is 29. The van der Waals surface area contributed by atoms with Crippen LogP contribution in [-0.2, 0) is 121 Å². The molecule has 4 bridgehead atoms. The molecule has 0 aromatic carbocycles. The number of thiol groups is 1. The molecule has 0 saturated carbocycles. The van der Waals surface area contributed by atoms with E-state index in [1.807, 2.05) is 0 Å². The van der Waals surface area contributed by atoms with Gasteiger partial charge in [-0.1, -0.05) is 40.9 Å². The predicted molar refractivity (Wildman–Crippen MR) is 340 cm³/mol. The van der Waals surface area contributed by atoms with Crippen LogP contribution < -0.4 is 22.2 Å². The number of halogens is 6. The molecule has 4 aliphatic rings. The molecule has 12 rings (SSSR count). The second-order valence-corrected chi connectivity index (χ2v) is 32.5. The van der Waals surface area contributed by atoms with E-state index in [2.05, 4.69) is 82.2 Å². The zero-order chi connectivity index (χ0) is 68.2. The van der Waals surface area contributed by atoms with Gasteiger partial charge in [-0.2, -0.15) is 9.97 Å². The number of nitrogen functional groups attached to an aromatic ring is 1. The minimum absolute atomic E-state index is 0. The summed E-state index contributed by atoms with van der Waals surface area (Å²) in [5.41, 5.74) is 3.65. The molecular weight excluding hydrogens is 1470 g/mol. The molecule has 0 radical (unpaired) electrons. The SMILES string of the molecule is C.C.Nc1nc2c(ncn2[C@@H]2O[C@@H]3COP(O)(=S)OCC(F)(F)Cn4c(nc5cncnc54)COP(=O)(S)O[C@@H]2[C@@H]3F)c(=O)[nH]1.[C-]#[N+]CCOP1(=S)OC[C@H]2O[C@@H](n3cnc4c(=O)[nH]c(NC(=O)C(C)C)nc43)[C@H](OP(O)(=S)OCc3nc4cncnc4n3CC(F)(F)CO1)[C@@H]2F. The number of imidazole rings is 4. The van der Waals surface area contributed by atoms with Crippen molar-refractivity contribution < 1.29 is 95.7 Å². The van der Waals surface area contributed by atoms with E-state index in [1.54, 1.807) is 13.8 Å². The second kappa shape index (κ2) is 29.8. The number of rotatable bonds is 7. The fourth-order valence-electron chi connectivity index (χ4n) is 9.52. The number of aromatic amines is 2. The fraction of sp³-hybridized carbons (Fsp3) is 0.532. The van der Waals surface area contributed by atoms with Crippen LogP contribution in [0.1, 0.15) is 52.8 Å². The summed E-state index contributed by atoms with van der Waals surface area (Å²) in [6, 6.07) is 0. The van der Waals surface area contributed by atoms with E-state index in [9.17, 15) is 28.7 Å². The largest absolute Gasteiger partial charge is 0.387 e. The summed E-state index contributed by atoms with van der Waals surface area (Å²) in [5, 5.41) is 2.47. The van der Waals surface area contributed by atoms with Gasteiger partial charge in [-0.3, -0.25) is 52.4 Å². The first-order valence-electron chi connectivity index (χ1n) is 27.3. The van der Waals surface area contributed by atoms with Crippen molar-refractivity contribution in [1.29, 1.82) is 0 Å². The second-order valence-electron chi connectivity index (χ2n) is 21.0. The van der Waals surface area contributed by atoms with Crippen LogP contribution in [0.15, 0.2) is 47.3 Å². The minimum atomic E-state index is -4.52.